The van der Waals surface area contributed by atoms with E-state index in [0.29, 0.717) is 11.5 Å². The third kappa shape index (κ3) is 3.99. The minimum absolute atomic E-state index is 0.197. The molecule has 3 nitrogen and oxygen atoms in total. The van der Waals surface area contributed by atoms with Gasteiger partial charge in [0.05, 0.1) is 7.11 Å². The molecule has 0 amide bonds. The van der Waals surface area contributed by atoms with Crippen LogP contribution in [0.1, 0.15) is 28.4 Å². The standard InChI is InChI=1S/C18H22O3/c1-12-5-6-17(18(10-12)20-4)21-11-16(19)15-8-13(2)7-14(3)9-15/h5-10,16,19H,11H2,1-4H3. The first-order valence-corrected chi connectivity index (χ1v) is 7.03. The summed E-state index contributed by atoms with van der Waals surface area (Å²) >= 11 is 0. The van der Waals surface area contributed by atoms with Crippen molar-refractivity contribution in [3.05, 3.63) is 58.7 Å². The lowest BCUT2D eigenvalue weighted by Crippen LogP contribution is -2.10. The Hall–Kier alpha value is -2.00. The summed E-state index contributed by atoms with van der Waals surface area (Å²) < 4.78 is 11.0. The van der Waals surface area contributed by atoms with E-state index in [1.807, 2.05) is 51.1 Å². The highest BCUT2D eigenvalue weighted by molar-refractivity contribution is 5.42. The molecule has 2 rings (SSSR count). The third-order valence-corrected chi connectivity index (χ3v) is 3.34. The molecule has 0 aromatic heterocycles. The molecule has 0 bridgehead atoms. The van der Waals surface area contributed by atoms with E-state index in [-0.39, 0.29) is 6.61 Å². The zero-order valence-corrected chi connectivity index (χ0v) is 13.0. The normalized spacial score (nSPS) is 12.0. The molecule has 1 atom stereocenters. The van der Waals surface area contributed by atoms with Gasteiger partial charge in [0.15, 0.2) is 11.5 Å². The Bertz CT molecular complexity index is 600. The predicted octanol–water partition coefficient (Wildman–Crippen LogP) is 3.73. The fourth-order valence-electron chi connectivity index (χ4n) is 2.36. The molecule has 2 aromatic rings. The number of aryl methyl sites for hydroxylation is 3. The SMILES string of the molecule is COc1cc(C)ccc1OCC(O)c1cc(C)cc(C)c1. The Morgan fingerprint density at radius 2 is 1.57 bits per heavy atom. The van der Waals surface area contributed by atoms with Crippen LogP contribution in [0.2, 0.25) is 0 Å². The average molecular weight is 286 g/mol. The van der Waals surface area contributed by atoms with Crippen LogP contribution in [0.5, 0.6) is 11.5 Å². The van der Waals surface area contributed by atoms with Gasteiger partial charge in [0, 0.05) is 0 Å². The largest absolute Gasteiger partial charge is 0.493 e. The van der Waals surface area contributed by atoms with Crippen molar-refractivity contribution >= 4 is 0 Å². The first kappa shape index (κ1) is 15.4. The molecular weight excluding hydrogens is 264 g/mol. The highest BCUT2D eigenvalue weighted by Crippen LogP contribution is 2.29. The van der Waals surface area contributed by atoms with Crippen LogP contribution in [0.25, 0.3) is 0 Å². The molecule has 21 heavy (non-hydrogen) atoms. The van der Waals surface area contributed by atoms with Gasteiger partial charge >= 0.3 is 0 Å². The van der Waals surface area contributed by atoms with Gasteiger partial charge < -0.3 is 14.6 Å². The monoisotopic (exact) mass is 286 g/mol. The van der Waals surface area contributed by atoms with E-state index in [4.69, 9.17) is 9.47 Å². The summed E-state index contributed by atoms with van der Waals surface area (Å²) in [7, 11) is 1.61. The molecule has 112 valence electrons. The summed E-state index contributed by atoms with van der Waals surface area (Å²) in [6.07, 6.45) is -0.658. The topological polar surface area (TPSA) is 38.7 Å². The number of aliphatic hydroxyl groups excluding tert-OH is 1. The number of aliphatic hydroxyl groups is 1. The predicted molar refractivity (Wildman–Crippen MR) is 84.1 cm³/mol. The van der Waals surface area contributed by atoms with Crippen LogP contribution < -0.4 is 9.47 Å². The number of hydrogen-bond acceptors (Lipinski definition) is 3. The lowest BCUT2D eigenvalue weighted by molar-refractivity contribution is 0.106. The maximum Gasteiger partial charge on any atom is 0.161 e. The van der Waals surface area contributed by atoms with Crippen LogP contribution in [0.15, 0.2) is 36.4 Å². The van der Waals surface area contributed by atoms with Gasteiger partial charge in [-0.05, 0) is 44.0 Å². The fourth-order valence-corrected chi connectivity index (χ4v) is 2.36. The van der Waals surface area contributed by atoms with Crippen molar-refractivity contribution in [1.29, 1.82) is 0 Å². The summed E-state index contributed by atoms with van der Waals surface area (Å²) in [5.41, 5.74) is 4.25. The van der Waals surface area contributed by atoms with Gasteiger partial charge in [-0.2, -0.15) is 0 Å². The summed E-state index contributed by atoms with van der Waals surface area (Å²) in [5.74, 6) is 1.33. The zero-order chi connectivity index (χ0) is 15.4. The van der Waals surface area contributed by atoms with Gasteiger partial charge in [-0.1, -0.05) is 35.4 Å². The van der Waals surface area contributed by atoms with Crippen molar-refractivity contribution in [2.75, 3.05) is 13.7 Å². The lowest BCUT2D eigenvalue weighted by Gasteiger charge is -2.16. The van der Waals surface area contributed by atoms with E-state index in [1.165, 1.54) is 0 Å². The average Bonchev–Trinajstić information content (AvgIpc) is 2.44. The van der Waals surface area contributed by atoms with E-state index in [1.54, 1.807) is 7.11 Å². The second-order valence-corrected chi connectivity index (χ2v) is 5.40. The van der Waals surface area contributed by atoms with Crippen molar-refractivity contribution in [3.8, 4) is 11.5 Å². The second-order valence-electron chi connectivity index (χ2n) is 5.40. The van der Waals surface area contributed by atoms with Crippen LogP contribution in [-0.4, -0.2) is 18.8 Å². The van der Waals surface area contributed by atoms with E-state index < -0.39 is 6.10 Å². The smallest absolute Gasteiger partial charge is 0.161 e. The molecule has 0 heterocycles. The van der Waals surface area contributed by atoms with Gasteiger partial charge in [0.1, 0.15) is 12.7 Å². The molecule has 1 N–H and O–H groups in total. The minimum atomic E-state index is -0.658. The first-order valence-electron chi connectivity index (χ1n) is 7.03. The summed E-state index contributed by atoms with van der Waals surface area (Å²) in [6.45, 7) is 6.24. The van der Waals surface area contributed by atoms with Crippen LogP contribution in [-0.2, 0) is 0 Å². The molecule has 0 spiro atoms. The molecule has 0 aliphatic rings. The highest BCUT2D eigenvalue weighted by Gasteiger charge is 2.11. The number of ether oxygens (including phenoxy) is 2. The van der Waals surface area contributed by atoms with E-state index in [2.05, 4.69) is 6.07 Å². The second kappa shape index (κ2) is 6.64. The van der Waals surface area contributed by atoms with E-state index in [9.17, 15) is 5.11 Å². The van der Waals surface area contributed by atoms with E-state index in [0.717, 1.165) is 22.3 Å². The number of benzene rings is 2. The Morgan fingerprint density at radius 3 is 2.19 bits per heavy atom. The van der Waals surface area contributed by atoms with Crippen LogP contribution in [0, 0.1) is 20.8 Å². The molecule has 2 aromatic carbocycles. The van der Waals surface area contributed by atoms with Crippen molar-refractivity contribution in [1.82, 2.24) is 0 Å². The van der Waals surface area contributed by atoms with Gasteiger partial charge in [0.2, 0.25) is 0 Å². The van der Waals surface area contributed by atoms with Crippen molar-refractivity contribution in [2.45, 2.75) is 26.9 Å². The van der Waals surface area contributed by atoms with Gasteiger partial charge in [0.25, 0.3) is 0 Å². The summed E-state index contributed by atoms with van der Waals surface area (Å²) in [6, 6.07) is 11.8. The number of hydrogen-bond donors (Lipinski definition) is 1. The van der Waals surface area contributed by atoms with Crippen LogP contribution in [0.4, 0.5) is 0 Å². The fraction of sp³-hybridized carbons (Fsp3) is 0.333. The summed E-state index contributed by atoms with van der Waals surface area (Å²) in [4.78, 5) is 0. The number of rotatable bonds is 5. The molecule has 0 aliphatic heterocycles. The molecule has 0 saturated carbocycles. The summed E-state index contributed by atoms with van der Waals surface area (Å²) in [5, 5.41) is 10.3. The lowest BCUT2D eigenvalue weighted by atomic mass is 10.0. The van der Waals surface area contributed by atoms with Crippen LogP contribution >= 0.6 is 0 Å². The molecule has 0 aliphatic carbocycles. The zero-order valence-electron chi connectivity index (χ0n) is 13.0. The van der Waals surface area contributed by atoms with Gasteiger partial charge in [-0.3, -0.25) is 0 Å². The highest BCUT2D eigenvalue weighted by atomic mass is 16.5. The third-order valence-electron chi connectivity index (χ3n) is 3.34. The molecule has 1 unspecified atom stereocenters. The van der Waals surface area contributed by atoms with Crippen molar-refractivity contribution in [3.63, 3.8) is 0 Å². The van der Waals surface area contributed by atoms with Crippen molar-refractivity contribution < 1.29 is 14.6 Å². The Kier molecular flexibility index (Phi) is 4.86. The quantitative estimate of drug-likeness (QED) is 0.910. The maximum absolute atomic E-state index is 10.3. The minimum Gasteiger partial charge on any atom is -0.493 e. The first-order chi connectivity index (χ1) is 9.99. The van der Waals surface area contributed by atoms with E-state index >= 15 is 0 Å². The molecule has 3 heteroatoms. The van der Waals surface area contributed by atoms with Gasteiger partial charge in [-0.15, -0.1) is 0 Å². The van der Waals surface area contributed by atoms with Crippen molar-refractivity contribution in [2.24, 2.45) is 0 Å². The number of methoxy groups -OCH3 is 1. The Balaban J connectivity index is 2.08. The van der Waals surface area contributed by atoms with Gasteiger partial charge in [-0.25, -0.2) is 0 Å². The Morgan fingerprint density at radius 1 is 0.905 bits per heavy atom. The maximum atomic E-state index is 10.3. The Labute approximate surface area is 126 Å². The molecule has 0 radical (unpaired) electrons. The molecule has 0 saturated heterocycles. The molecule has 0 fully saturated rings. The molecular formula is C18H22O3. The van der Waals surface area contributed by atoms with Crippen LogP contribution in [0.3, 0.4) is 0 Å².